The Bertz CT molecular complexity index is 368. The minimum atomic E-state index is -0.978. The van der Waals surface area contributed by atoms with Crippen LogP contribution in [0, 0.1) is 0 Å². The smallest absolute Gasteiger partial charge is 0.329 e. The van der Waals surface area contributed by atoms with E-state index in [0.29, 0.717) is 39.6 Å². The van der Waals surface area contributed by atoms with Gasteiger partial charge >= 0.3 is 5.97 Å². The second-order valence-electron chi connectivity index (χ2n) is 4.21. The SMILES string of the molecule is O=C(O)COCCOCCOCCOCc1ccccc1. The van der Waals surface area contributed by atoms with Gasteiger partial charge in [0.1, 0.15) is 6.61 Å². The number of carboxylic acid groups (broad SMARTS) is 1. The van der Waals surface area contributed by atoms with Crippen LogP contribution in [-0.2, 0) is 30.3 Å². The molecule has 1 aromatic carbocycles. The van der Waals surface area contributed by atoms with Crippen LogP contribution in [0.1, 0.15) is 5.56 Å². The summed E-state index contributed by atoms with van der Waals surface area (Å²) in [6.07, 6.45) is 0. The van der Waals surface area contributed by atoms with Crippen molar-refractivity contribution in [2.24, 2.45) is 0 Å². The maximum absolute atomic E-state index is 10.2. The average molecular weight is 298 g/mol. The highest BCUT2D eigenvalue weighted by Crippen LogP contribution is 1.99. The molecule has 0 heterocycles. The summed E-state index contributed by atoms with van der Waals surface area (Å²) in [6.45, 7) is 2.92. The molecule has 118 valence electrons. The Kier molecular flexibility index (Phi) is 10.3. The van der Waals surface area contributed by atoms with Gasteiger partial charge in [0.05, 0.1) is 46.2 Å². The molecule has 0 radical (unpaired) electrons. The largest absolute Gasteiger partial charge is 0.480 e. The van der Waals surface area contributed by atoms with Gasteiger partial charge in [0.25, 0.3) is 0 Å². The minimum Gasteiger partial charge on any atom is -0.480 e. The predicted molar refractivity (Wildman–Crippen MR) is 76.2 cm³/mol. The first-order valence-electron chi connectivity index (χ1n) is 6.85. The minimum absolute atomic E-state index is 0.270. The van der Waals surface area contributed by atoms with Crippen molar-refractivity contribution >= 4 is 5.97 Å². The maximum Gasteiger partial charge on any atom is 0.329 e. The Hall–Kier alpha value is -1.47. The van der Waals surface area contributed by atoms with E-state index in [2.05, 4.69) is 0 Å². The Morgan fingerprint density at radius 1 is 0.810 bits per heavy atom. The number of carboxylic acids is 1. The average Bonchev–Trinajstić information content (AvgIpc) is 2.49. The standard InChI is InChI=1S/C15H22O6/c16-15(17)13-21-11-9-19-7-6-18-8-10-20-12-14-4-2-1-3-5-14/h1-5H,6-13H2,(H,16,17). The highest BCUT2D eigenvalue weighted by atomic mass is 16.6. The number of benzene rings is 1. The first kappa shape index (κ1) is 17.6. The molecule has 6 nitrogen and oxygen atoms in total. The van der Waals surface area contributed by atoms with Gasteiger partial charge in [0, 0.05) is 0 Å². The molecule has 1 N–H and O–H groups in total. The molecule has 0 amide bonds. The molecule has 0 saturated carbocycles. The molecular formula is C15H22O6. The monoisotopic (exact) mass is 298 g/mol. The van der Waals surface area contributed by atoms with Crippen LogP contribution in [0.4, 0.5) is 0 Å². The van der Waals surface area contributed by atoms with Crippen molar-refractivity contribution in [3.05, 3.63) is 35.9 Å². The van der Waals surface area contributed by atoms with Gasteiger partial charge in [-0.05, 0) is 5.56 Å². The van der Waals surface area contributed by atoms with E-state index < -0.39 is 5.97 Å². The molecule has 0 spiro atoms. The summed E-state index contributed by atoms with van der Waals surface area (Å²) in [5, 5.41) is 8.33. The number of hydrogen-bond donors (Lipinski definition) is 1. The number of ether oxygens (including phenoxy) is 4. The van der Waals surface area contributed by atoms with E-state index in [1.54, 1.807) is 0 Å². The fraction of sp³-hybridized carbons (Fsp3) is 0.533. The van der Waals surface area contributed by atoms with E-state index in [1.807, 2.05) is 30.3 Å². The van der Waals surface area contributed by atoms with Gasteiger partial charge in [-0.1, -0.05) is 30.3 Å². The molecule has 0 fully saturated rings. The molecule has 0 aliphatic rings. The summed E-state index contributed by atoms with van der Waals surface area (Å²) in [5.74, 6) is -0.978. The molecule has 21 heavy (non-hydrogen) atoms. The van der Waals surface area contributed by atoms with Gasteiger partial charge in [-0.3, -0.25) is 0 Å². The maximum atomic E-state index is 10.2. The Balaban J connectivity index is 1.78. The quantitative estimate of drug-likeness (QED) is 0.554. The number of aliphatic carboxylic acids is 1. The predicted octanol–water partition coefficient (Wildman–Crippen LogP) is 1.34. The van der Waals surface area contributed by atoms with Crippen molar-refractivity contribution in [2.75, 3.05) is 46.2 Å². The number of hydrogen-bond acceptors (Lipinski definition) is 5. The molecule has 6 heteroatoms. The summed E-state index contributed by atoms with van der Waals surface area (Å²) in [5.41, 5.74) is 1.14. The van der Waals surface area contributed by atoms with Crippen LogP contribution in [0.15, 0.2) is 30.3 Å². The van der Waals surface area contributed by atoms with E-state index in [1.165, 1.54) is 0 Å². The Labute approximate surface area is 124 Å². The van der Waals surface area contributed by atoms with E-state index >= 15 is 0 Å². The van der Waals surface area contributed by atoms with Gasteiger partial charge in [0.15, 0.2) is 0 Å². The van der Waals surface area contributed by atoms with Crippen LogP contribution >= 0.6 is 0 Å². The second-order valence-corrected chi connectivity index (χ2v) is 4.21. The molecule has 0 bridgehead atoms. The molecule has 0 aromatic heterocycles. The highest BCUT2D eigenvalue weighted by molar-refractivity contribution is 5.67. The lowest BCUT2D eigenvalue weighted by Gasteiger charge is -2.07. The van der Waals surface area contributed by atoms with Crippen LogP contribution in [0.5, 0.6) is 0 Å². The molecule has 1 aromatic rings. The van der Waals surface area contributed by atoms with Crippen LogP contribution in [0.2, 0.25) is 0 Å². The van der Waals surface area contributed by atoms with Crippen LogP contribution in [0.25, 0.3) is 0 Å². The van der Waals surface area contributed by atoms with Crippen LogP contribution in [-0.4, -0.2) is 57.3 Å². The van der Waals surface area contributed by atoms with Gasteiger partial charge in [0.2, 0.25) is 0 Å². The number of carbonyl (C=O) groups is 1. The van der Waals surface area contributed by atoms with Gasteiger partial charge in [-0.15, -0.1) is 0 Å². The van der Waals surface area contributed by atoms with E-state index in [0.717, 1.165) is 5.56 Å². The molecule has 0 atom stereocenters. The molecule has 0 saturated heterocycles. The van der Waals surface area contributed by atoms with Gasteiger partial charge in [-0.2, -0.15) is 0 Å². The zero-order chi connectivity index (χ0) is 15.2. The van der Waals surface area contributed by atoms with Crippen molar-refractivity contribution in [2.45, 2.75) is 6.61 Å². The van der Waals surface area contributed by atoms with Crippen LogP contribution in [0.3, 0.4) is 0 Å². The molecular weight excluding hydrogens is 276 g/mol. The topological polar surface area (TPSA) is 74.2 Å². The highest BCUT2D eigenvalue weighted by Gasteiger charge is 1.96. The van der Waals surface area contributed by atoms with E-state index in [4.69, 9.17) is 24.1 Å². The first-order chi connectivity index (χ1) is 10.3. The molecule has 0 aliphatic heterocycles. The van der Waals surface area contributed by atoms with Crippen molar-refractivity contribution in [3.8, 4) is 0 Å². The summed E-state index contributed by atoms with van der Waals surface area (Å²) in [4.78, 5) is 10.2. The fourth-order valence-electron chi connectivity index (χ4n) is 1.48. The summed E-state index contributed by atoms with van der Waals surface area (Å²) >= 11 is 0. The molecule has 0 aliphatic carbocycles. The number of rotatable bonds is 13. The Morgan fingerprint density at radius 3 is 1.90 bits per heavy atom. The summed E-state index contributed by atoms with van der Waals surface area (Å²) in [7, 11) is 0. The third kappa shape index (κ3) is 10.9. The Morgan fingerprint density at radius 2 is 1.33 bits per heavy atom. The summed E-state index contributed by atoms with van der Waals surface area (Å²) in [6, 6.07) is 9.96. The molecule has 0 unspecified atom stereocenters. The third-order valence-corrected chi connectivity index (χ3v) is 2.45. The van der Waals surface area contributed by atoms with E-state index in [-0.39, 0.29) is 13.2 Å². The third-order valence-electron chi connectivity index (χ3n) is 2.45. The zero-order valence-electron chi connectivity index (χ0n) is 12.0. The lowest BCUT2D eigenvalue weighted by Crippen LogP contribution is -2.14. The van der Waals surface area contributed by atoms with Gasteiger partial charge in [-0.25, -0.2) is 4.79 Å². The van der Waals surface area contributed by atoms with E-state index in [9.17, 15) is 4.79 Å². The lowest BCUT2D eigenvalue weighted by molar-refractivity contribution is -0.142. The lowest BCUT2D eigenvalue weighted by atomic mass is 10.2. The van der Waals surface area contributed by atoms with Crippen molar-refractivity contribution in [3.63, 3.8) is 0 Å². The first-order valence-corrected chi connectivity index (χ1v) is 6.85. The normalized spacial score (nSPS) is 10.7. The van der Waals surface area contributed by atoms with Gasteiger partial charge < -0.3 is 24.1 Å². The second kappa shape index (κ2) is 12.3. The van der Waals surface area contributed by atoms with Crippen molar-refractivity contribution in [1.29, 1.82) is 0 Å². The van der Waals surface area contributed by atoms with Crippen molar-refractivity contribution < 1.29 is 28.8 Å². The fourth-order valence-corrected chi connectivity index (χ4v) is 1.48. The zero-order valence-corrected chi connectivity index (χ0v) is 12.0. The van der Waals surface area contributed by atoms with Crippen molar-refractivity contribution in [1.82, 2.24) is 0 Å². The summed E-state index contributed by atoms with van der Waals surface area (Å²) < 4.78 is 20.8. The molecule has 1 rings (SSSR count). The van der Waals surface area contributed by atoms with Crippen LogP contribution < -0.4 is 0 Å².